The van der Waals surface area contributed by atoms with Crippen LogP contribution in [0, 0.1) is 5.21 Å². The van der Waals surface area contributed by atoms with Gasteiger partial charge in [-0.05, 0) is 0 Å². The highest BCUT2D eigenvalue weighted by molar-refractivity contribution is 4.65. The van der Waals surface area contributed by atoms with Crippen LogP contribution in [0.4, 0.5) is 0 Å². The van der Waals surface area contributed by atoms with Crippen LogP contribution in [0.15, 0.2) is 5.28 Å². The molecule has 76 valence electrons. The van der Waals surface area contributed by atoms with E-state index in [-0.39, 0.29) is 11.6 Å². The van der Waals surface area contributed by atoms with Gasteiger partial charge < -0.3 is 15.5 Å². The van der Waals surface area contributed by atoms with Crippen LogP contribution < -0.4 is 0 Å². The molecule has 1 aliphatic heterocycles. The summed E-state index contributed by atoms with van der Waals surface area (Å²) in [5, 5.41) is 31.6. The van der Waals surface area contributed by atoms with Crippen molar-refractivity contribution < 1.29 is 15.3 Å². The molecule has 2 N–H and O–H groups in total. The van der Waals surface area contributed by atoms with Gasteiger partial charge in [-0.1, -0.05) is 0 Å². The van der Waals surface area contributed by atoms with Crippen LogP contribution in [-0.2, 0) is 0 Å². The minimum Gasteiger partial charge on any atom is -0.569 e. The number of hydrogen-bond donors (Lipinski definition) is 2. The van der Waals surface area contributed by atoms with Crippen LogP contribution in [0.3, 0.4) is 0 Å². The van der Waals surface area contributed by atoms with Crippen LogP contribution >= 0.6 is 0 Å². The first-order valence-corrected chi connectivity index (χ1v) is 4.18. The van der Waals surface area contributed by atoms with Gasteiger partial charge >= 0.3 is 0 Å². The Morgan fingerprint density at radius 1 is 1.31 bits per heavy atom. The van der Waals surface area contributed by atoms with E-state index in [4.69, 9.17) is 10.3 Å². The molecule has 0 unspecified atom stereocenters. The Balaban J connectivity index is 2.30. The molecule has 7 nitrogen and oxygen atoms in total. The average Bonchev–Trinajstić information content (AvgIpc) is 2.18. The van der Waals surface area contributed by atoms with E-state index in [1.807, 2.05) is 4.90 Å². The molecule has 0 aromatic carbocycles. The molecule has 13 heavy (non-hydrogen) atoms. The lowest BCUT2D eigenvalue weighted by atomic mass is 10.3. The van der Waals surface area contributed by atoms with Crippen LogP contribution in [0.25, 0.3) is 0 Å². The van der Waals surface area contributed by atoms with Crippen molar-refractivity contribution in [3.63, 3.8) is 0 Å². The summed E-state index contributed by atoms with van der Waals surface area (Å²) in [4.78, 5) is 2.23. The minimum absolute atomic E-state index is 0.130. The highest BCUT2D eigenvalue weighted by Gasteiger charge is 2.21. The molecule has 1 aliphatic rings. The van der Waals surface area contributed by atoms with Gasteiger partial charge in [0.25, 0.3) is 0 Å². The predicted molar refractivity (Wildman–Crippen MR) is 42.9 cm³/mol. The van der Waals surface area contributed by atoms with E-state index in [2.05, 4.69) is 5.28 Å². The van der Waals surface area contributed by atoms with Crippen molar-refractivity contribution in [3.05, 3.63) is 5.21 Å². The molecule has 0 bridgehead atoms. The summed E-state index contributed by atoms with van der Waals surface area (Å²) in [5.74, 6) is 0. The molecule has 1 saturated heterocycles. The van der Waals surface area contributed by atoms with E-state index in [0.717, 1.165) is 0 Å². The summed E-state index contributed by atoms with van der Waals surface area (Å²) in [5.41, 5.74) is 0. The number of nitrogens with zero attached hydrogens (tertiary/aromatic N) is 4. The van der Waals surface area contributed by atoms with Crippen molar-refractivity contribution in [1.82, 2.24) is 9.91 Å². The van der Waals surface area contributed by atoms with E-state index in [1.165, 1.54) is 5.01 Å². The number of hydrogen-bond acceptors (Lipinski definition) is 4. The standard InChI is InChI=1S/C6H14N4O3/c11-6-5-8-1-3-9(4-2-8)10(13)7-12/h11-12H,1-6H2. The quantitative estimate of drug-likeness (QED) is 0.334. The lowest BCUT2D eigenvalue weighted by Gasteiger charge is -2.30. The zero-order valence-electron chi connectivity index (χ0n) is 7.33. The molecule has 1 heterocycles. The van der Waals surface area contributed by atoms with Crippen molar-refractivity contribution in [2.75, 3.05) is 39.3 Å². The Hall–Kier alpha value is -1.08. The van der Waals surface area contributed by atoms with E-state index in [0.29, 0.717) is 32.7 Å². The first-order valence-electron chi connectivity index (χ1n) is 4.18. The van der Waals surface area contributed by atoms with Crippen LogP contribution in [0.5, 0.6) is 0 Å². The molecule has 7 heteroatoms. The molecular weight excluding hydrogens is 176 g/mol. The van der Waals surface area contributed by atoms with Gasteiger partial charge in [0.2, 0.25) is 5.28 Å². The first-order chi connectivity index (χ1) is 6.27. The third-order valence-electron chi connectivity index (χ3n) is 2.08. The largest absolute Gasteiger partial charge is 0.569 e. The Morgan fingerprint density at radius 3 is 2.38 bits per heavy atom. The van der Waals surface area contributed by atoms with Gasteiger partial charge in [0.05, 0.1) is 24.7 Å². The summed E-state index contributed by atoms with van der Waals surface area (Å²) >= 11 is 0. The second-order valence-corrected chi connectivity index (χ2v) is 2.86. The van der Waals surface area contributed by atoms with Gasteiger partial charge in [0.1, 0.15) is 0 Å². The maximum absolute atomic E-state index is 10.8. The van der Waals surface area contributed by atoms with Crippen LogP contribution in [-0.4, -0.2) is 64.5 Å². The number of aliphatic hydroxyl groups excluding tert-OH is 1. The number of rotatable bonds is 3. The van der Waals surface area contributed by atoms with Crippen LogP contribution in [0.2, 0.25) is 0 Å². The Labute approximate surface area is 76.0 Å². The third-order valence-corrected chi connectivity index (χ3v) is 2.08. The smallest absolute Gasteiger partial charge is 0.230 e. The van der Waals surface area contributed by atoms with Crippen molar-refractivity contribution in [1.29, 1.82) is 0 Å². The van der Waals surface area contributed by atoms with E-state index >= 15 is 0 Å². The molecule has 0 radical (unpaired) electrons. The fourth-order valence-corrected chi connectivity index (χ4v) is 1.33. The fourth-order valence-electron chi connectivity index (χ4n) is 1.33. The molecular formula is C6H14N4O3. The van der Waals surface area contributed by atoms with Gasteiger partial charge in [-0.3, -0.25) is 4.90 Å². The van der Waals surface area contributed by atoms with Crippen molar-refractivity contribution in [2.45, 2.75) is 0 Å². The molecule has 0 aromatic rings. The normalized spacial score (nSPS) is 20.7. The zero-order valence-corrected chi connectivity index (χ0v) is 7.33. The number of piperazine rings is 1. The van der Waals surface area contributed by atoms with E-state index < -0.39 is 0 Å². The molecule has 0 aromatic heterocycles. The zero-order chi connectivity index (χ0) is 9.68. The average molecular weight is 190 g/mol. The highest BCUT2D eigenvalue weighted by Crippen LogP contribution is 2.00. The molecule has 0 atom stereocenters. The second kappa shape index (κ2) is 4.83. The summed E-state index contributed by atoms with van der Waals surface area (Å²) in [6, 6.07) is 0. The van der Waals surface area contributed by atoms with Gasteiger partial charge in [-0.2, -0.15) is 0 Å². The van der Waals surface area contributed by atoms with Gasteiger partial charge in [0, 0.05) is 19.6 Å². The summed E-state index contributed by atoms with van der Waals surface area (Å²) in [6.07, 6.45) is 0. The van der Waals surface area contributed by atoms with Gasteiger partial charge in [0.15, 0.2) is 0 Å². The maximum atomic E-state index is 10.8. The van der Waals surface area contributed by atoms with Crippen LogP contribution in [0.1, 0.15) is 0 Å². The SMILES string of the molecule is [O-][N+](=NO)N1CCN(CCO)CC1. The lowest BCUT2D eigenvalue weighted by Crippen LogP contribution is -2.49. The fraction of sp³-hybridized carbons (Fsp3) is 1.00. The predicted octanol–water partition coefficient (Wildman–Crippen LogP) is -1.14. The summed E-state index contributed by atoms with van der Waals surface area (Å²) in [6.45, 7) is 3.21. The lowest BCUT2D eigenvalue weighted by molar-refractivity contribution is -0.711. The number of aliphatic hydroxyl groups is 1. The van der Waals surface area contributed by atoms with E-state index in [9.17, 15) is 5.21 Å². The van der Waals surface area contributed by atoms with Crippen molar-refractivity contribution in [3.8, 4) is 0 Å². The highest BCUT2D eigenvalue weighted by atomic mass is 16.6. The molecule has 0 spiro atoms. The topological polar surface area (TPSA) is 85.4 Å². The molecule has 0 amide bonds. The first kappa shape index (κ1) is 10.0. The molecule has 0 aliphatic carbocycles. The third kappa shape index (κ3) is 2.71. The Kier molecular flexibility index (Phi) is 3.71. The Morgan fingerprint density at radius 2 is 1.92 bits per heavy atom. The summed E-state index contributed by atoms with van der Waals surface area (Å²) < 4.78 is 0. The second-order valence-electron chi connectivity index (χ2n) is 2.86. The summed E-state index contributed by atoms with van der Waals surface area (Å²) in [7, 11) is 0. The molecule has 1 fully saturated rings. The van der Waals surface area contributed by atoms with Crippen molar-refractivity contribution in [2.24, 2.45) is 5.28 Å². The minimum atomic E-state index is 0.130. The van der Waals surface area contributed by atoms with Gasteiger partial charge in [-0.25, -0.2) is 0 Å². The molecule has 1 rings (SSSR count). The number of β-amino-alcohol motifs (C(OH)–C–C–N with tert-alkyl or cyclic N) is 1. The van der Waals surface area contributed by atoms with E-state index in [1.54, 1.807) is 0 Å². The molecule has 0 saturated carbocycles. The monoisotopic (exact) mass is 190 g/mol. The van der Waals surface area contributed by atoms with Crippen molar-refractivity contribution >= 4 is 0 Å². The number of hydrazine groups is 1. The maximum Gasteiger partial charge on any atom is 0.230 e. The van der Waals surface area contributed by atoms with Gasteiger partial charge in [-0.15, -0.1) is 5.01 Å². The Bertz CT molecular complexity index is 179.